The van der Waals surface area contributed by atoms with Gasteiger partial charge in [0.1, 0.15) is 6.54 Å². The Kier molecular flexibility index (Phi) is 3.61. The molecule has 5 rings (SSSR count). The van der Waals surface area contributed by atoms with Crippen LogP contribution in [0, 0.1) is 0 Å². The number of hydrogen-bond donors (Lipinski definition) is 0. The first-order chi connectivity index (χ1) is 13.0. The van der Waals surface area contributed by atoms with Crippen LogP contribution in [-0.4, -0.2) is 27.4 Å². The highest BCUT2D eigenvalue weighted by molar-refractivity contribution is 9.10. The van der Waals surface area contributed by atoms with Crippen LogP contribution in [0.25, 0.3) is 10.8 Å². The van der Waals surface area contributed by atoms with Crippen LogP contribution in [0.5, 0.6) is 0 Å². The van der Waals surface area contributed by atoms with Gasteiger partial charge in [0.15, 0.2) is 0 Å². The molecule has 0 saturated carbocycles. The molecule has 0 fully saturated rings. The summed E-state index contributed by atoms with van der Waals surface area (Å²) in [5, 5.41) is 1.55. The number of fused-ring (bicyclic) bond motifs is 1. The molecule has 0 aliphatic carbocycles. The Morgan fingerprint density at radius 1 is 1.04 bits per heavy atom. The van der Waals surface area contributed by atoms with E-state index in [2.05, 4.69) is 15.9 Å². The summed E-state index contributed by atoms with van der Waals surface area (Å²) in [6, 6.07) is 16.5. The summed E-state index contributed by atoms with van der Waals surface area (Å²) >= 11 is 3.45. The van der Waals surface area contributed by atoms with Crippen LogP contribution in [0.1, 0.15) is 5.56 Å². The quantitative estimate of drug-likeness (QED) is 0.607. The molecule has 0 aromatic heterocycles. The van der Waals surface area contributed by atoms with Gasteiger partial charge in [0.25, 0.3) is 10.0 Å². The van der Waals surface area contributed by atoms with Crippen molar-refractivity contribution in [1.82, 2.24) is 0 Å². The lowest BCUT2D eigenvalue weighted by Gasteiger charge is -2.23. The molecule has 7 heteroatoms. The second-order valence-corrected chi connectivity index (χ2v) is 9.46. The lowest BCUT2D eigenvalue weighted by atomic mass is 10.1. The summed E-state index contributed by atoms with van der Waals surface area (Å²) in [5.41, 5.74) is 2.52. The Morgan fingerprint density at radius 2 is 1.81 bits per heavy atom. The zero-order valence-corrected chi connectivity index (χ0v) is 16.6. The van der Waals surface area contributed by atoms with Gasteiger partial charge in [-0.3, -0.25) is 9.10 Å². The molecule has 0 N–H and O–H groups in total. The Hall–Kier alpha value is -2.38. The first-order valence-corrected chi connectivity index (χ1v) is 10.8. The fourth-order valence-electron chi connectivity index (χ4n) is 3.97. The maximum atomic E-state index is 13.1. The minimum Gasteiger partial charge on any atom is -0.310 e. The van der Waals surface area contributed by atoms with Crippen LogP contribution >= 0.6 is 15.9 Å². The number of benzene rings is 3. The van der Waals surface area contributed by atoms with E-state index in [4.69, 9.17) is 0 Å². The largest absolute Gasteiger partial charge is 0.310 e. The smallest absolute Gasteiger partial charge is 0.265 e. The summed E-state index contributed by atoms with van der Waals surface area (Å²) < 4.78 is 28.3. The van der Waals surface area contributed by atoms with Crippen molar-refractivity contribution in [3.63, 3.8) is 0 Å². The van der Waals surface area contributed by atoms with Crippen LogP contribution < -0.4 is 9.21 Å². The molecule has 0 saturated heterocycles. The van der Waals surface area contributed by atoms with Gasteiger partial charge >= 0.3 is 0 Å². The summed E-state index contributed by atoms with van der Waals surface area (Å²) in [4.78, 5) is 15.0. The van der Waals surface area contributed by atoms with Crippen molar-refractivity contribution in [3.8, 4) is 0 Å². The first kappa shape index (κ1) is 16.8. The predicted octanol–water partition coefficient (Wildman–Crippen LogP) is 3.70. The van der Waals surface area contributed by atoms with E-state index in [1.807, 2.05) is 36.4 Å². The van der Waals surface area contributed by atoms with Crippen LogP contribution in [0.2, 0.25) is 0 Å². The maximum Gasteiger partial charge on any atom is 0.265 e. The van der Waals surface area contributed by atoms with E-state index in [9.17, 15) is 13.2 Å². The number of anilines is 2. The molecule has 2 heterocycles. The SMILES string of the molecule is O=C(CN1c2cccc3cccc(c23)S1(=O)=O)N1CCc2cc(Br)ccc21. The van der Waals surface area contributed by atoms with Crippen molar-refractivity contribution >= 4 is 54.0 Å². The van der Waals surface area contributed by atoms with Crippen molar-refractivity contribution in [2.45, 2.75) is 11.3 Å². The predicted molar refractivity (Wildman–Crippen MR) is 109 cm³/mol. The van der Waals surface area contributed by atoms with Gasteiger partial charge in [-0.15, -0.1) is 0 Å². The Bertz CT molecular complexity index is 1220. The molecule has 1 amide bonds. The summed E-state index contributed by atoms with van der Waals surface area (Å²) in [7, 11) is -3.73. The van der Waals surface area contributed by atoms with Crippen molar-refractivity contribution in [1.29, 1.82) is 0 Å². The summed E-state index contributed by atoms with van der Waals surface area (Å²) in [5.74, 6) is -0.218. The van der Waals surface area contributed by atoms with E-state index >= 15 is 0 Å². The van der Waals surface area contributed by atoms with Gasteiger partial charge in [-0.1, -0.05) is 40.2 Å². The number of nitrogens with zero attached hydrogens (tertiary/aromatic N) is 2. The average molecular weight is 443 g/mol. The number of halogens is 1. The zero-order valence-electron chi connectivity index (χ0n) is 14.2. The number of amides is 1. The van der Waals surface area contributed by atoms with E-state index < -0.39 is 10.0 Å². The molecule has 3 aromatic carbocycles. The average Bonchev–Trinajstić information content (AvgIpc) is 3.16. The number of sulfonamides is 1. The summed E-state index contributed by atoms with van der Waals surface area (Å²) in [6.07, 6.45) is 0.767. The molecular formula is C20H15BrN2O3S. The molecule has 0 bridgehead atoms. The van der Waals surface area contributed by atoms with Gasteiger partial charge in [-0.25, -0.2) is 8.42 Å². The lowest BCUT2D eigenvalue weighted by Crippen LogP contribution is -2.41. The van der Waals surface area contributed by atoms with Gasteiger partial charge in [0, 0.05) is 22.1 Å². The van der Waals surface area contributed by atoms with Gasteiger partial charge in [0.2, 0.25) is 5.91 Å². The number of carbonyl (C=O) groups excluding carboxylic acids is 1. The Morgan fingerprint density at radius 3 is 2.63 bits per heavy atom. The maximum absolute atomic E-state index is 13.1. The first-order valence-electron chi connectivity index (χ1n) is 8.60. The van der Waals surface area contributed by atoms with Gasteiger partial charge in [0.05, 0.1) is 10.6 Å². The molecule has 136 valence electrons. The van der Waals surface area contributed by atoms with Crippen LogP contribution in [-0.2, 0) is 21.2 Å². The van der Waals surface area contributed by atoms with Crippen molar-refractivity contribution in [3.05, 3.63) is 64.6 Å². The van der Waals surface area contributed by atoms with E-state index in [1.165, 1.54) is 4.31 Å². The lowest BCUT2D eigenvalue weighted by molar-refractivity contribution is -0.117. The molecule has 2 aliphatic heterocycles. The highest BCUT2D eigenvalue weighted by Crippen LogP contribution is 2.42. The standard InChI is InChI=1S/C20H15BrN2O3S/c21-15-7-8-16-14(11-15)9-10-22(16)19(24)12-23-17-5-1-3-13-4-2-6-18(20(13)17)27(23,25)26/h1-8,11H,9-10,12H2. The van der Waals surface area contributed by atoms with Gasteiger partial charge in [-0.05, 0) is 47.7 Å². The van der Waals surface area contributed by atoms with Gasteiger partial charge in [-0.2, -0.15) is 0 Å². The minimum absolute atomic E-state index is 0.203. The third-order valence-corrected chi connectivity index (χ3v) is 7.49. The van der Waals surface area contributed by atoms with E-state index in [-0.39, 0.29) is 17.3 Å². The second kappa shape index (κ2) is 5.81. The molecule has 0 spiro atoms. The topological polar surface area (TPSA) is 57.7 Å². The fraction of sp³-hybridized carbons (Fsp3) is 0.150. The molecular weight excluding hydrogens is 428 g/mol. The van der Waals surface area contributed by atoms with E-state index in [0.29, 0.717) is 17.6 Å². The highest BCUT2D eigenvalue weighted by atomic mass is 79.9. The Labute approximate surface area is 165 Å². The number of carbonyl (C=O) groups is 1. The molecule has 0 atom stereocenters. The highest BCUT2D eigenvalue weighted by Gasteiger charge is 2.38. The van der Waals surface area contributed by atoms with Crippen molar-refractivity contribution in [2.24, 2.45) is 0 Å². The van der Waals surface area contributed by atoms with Crippen LogP contribution in [0.15, 0.2) is 64.0 Å². The number of hydrogen-bond acceptors (Lipinski definition) is 3. The molecule has 27 heavy (non-hydrogen) atoms. The van der Waals surface area contributed by atoms with Crippen molar-refractivity contribution < 1.29 is 13.2 Å². The molecule has 2 aliphatic rings. The van der Waals surface area contributed by atoms with E-state index in [0.717, 1.165) is 27.5 Å². The minimum atomic E-state index is -3.73. The monoisotopic (exact) mass is 442 g/mol. The zero-order chi connectivity index (χ0) is 18.8. The second-order valence-electron chi connectivity index (χ2n) is 6.71. The summed E-state index contributed by atoms with van der Waals surface area (Å²) in [6.45, 7) is 0.362. The van der Waals surface area contributed by atoms with Gasteiger partial charge < -0.3 is 4.90 Å². The van der Waals surface area contributed by atoms with E-state index in [1.54, 1.807) is 23.1 Å². The molecule has 0 unspecified atom stereocenters. The molecule has 3 aromatic rings. The third-order valence-electron chi connectivity index (χ3n) is 5.20. The van der Waals surface area contributed by atoms with Crippen molar-refractivity contribution in [2.75, 3.05) is 22.3 Å². The Balaban J connectivity index is 1.53. The molecule has 0 radical (unpaired) electrons. The normalized spacial score (nSPS) is 16.8. The molecule has 5 nitrogen and oxygen atoms in total. The fourth-order valence-corrected chi connectivity index (χ4v) is 6.03. The third kappa shape index (κ3) is 2.41. The van der Waals surface area contributed by atoms with Crippen LogP contribution in [0.4, 0.5) is 11.4 Å². The van der Waals surface area contributed by atoms with Crippen LogP contribution in [0.3, 0.4) is 0 Å². The number of rotatable bonds is 2.